The van der Waals surface area contributed by atoms with Crippen LogP contribution in [0.2, 0.25) is 5.02 Å². The smallest absolute Gasteiger partial charge is 0.187 e. The standard InChI is InChI=1S/C14H10ClN3S2/c15-11-4-2-10(3-5-11)13-18-12(8-19-13)9-20-14-16-6-1-7-17-14/h1-8H,9H2. The molecule has 2 aromatic heterocycles. The van der Waals surface area contributed by atoms with E-state index in [0.29, 0.717) is 0 Å². The Morgan fingerprint density at radius 3 is 2.60 bits per heavy atom. The lowest BCUT2D eigenvalue weighted by Gasteiger charge is -1.97. The average molecular weight is 320 g/mol. The maximum Gasteiger partial charge on any atom is 0.187 e. The minimum atomic E-state index is 0.738. The summed E-state index contributed by atoms with van der Waals surface area (Å²) < 4.78 is 0. The molecule has 2 heterocycles. The van der Waals surface area contributed by atoms with E-state index >= 15 is 0 Å². The van der Waals surface area contributed by atoms with Crippen molar-refractivity contribution in [1.82, 2.24) is 15.0 Å². The molecule has 0 N–H and O–H groups in total. The molecule has 0 saturated heterocycles. The van der Waals surface area contributed by atoms with E-state index < -0.39 is 0 Å². The molecule has 0 spiro atoms. The Hall–Kier alpha value is -1.43. The third-order valence-electron chi connectivity index (χ3n) is 2.53. The van der Waals surface area contributed by atoms with Crippen molar-refractivity contribution < 1.29 is 0 Å². The lowest BCUT2D eigenvalue weighted by molar-refractivity contribution is 0.965. The van der Waals surface area contributed by atoms with Gasteiger partial charge in [0.05, 0.1) is 5.69 Å². The summed E-state index contributed by atoms with van der Waals surface area (Å²) in [6.07, 6.45) is 3.49. The van der Waals surface area contributed by atoms with Gasteiger partial charge < -0.3 is 0 Å². The summed E-state index contributed by atoms with van der Waals surface area (Å²) >= 11 is 9.11. The molecule has 1 aromatic carbocycles. The Bertz CT molecular complexity index is 683. The van der Waals surface area contributed by atoms with E-state index in [1.54, 1.807) is 35.5 Å². The summed E-state index contributed by atoms with van der Waals surface area (Å²) in [5.74, 6) is 0.772. The van der Waals surface area contributed by atoms with E-state index in [0.717, 1.165) is 32.2 Å². The predicted octanol–water partition coefficient (Wildman–Crippen LogP) is 4.55. The van der Waals surface area contributed by atoms with Gasteiger partial charge in [0.1, 0.15) is 5.01 Å². The Balaban J connectivity index is 1.69. The highest BCUT2D eigenvalue weighted by molar-refractivity contribution is 7.98. The van der Waals surface area contributed by atoms with Gasteiger partial charge in [-0.15, -0.1) is 11.3 Å². The second-order valence-corrected chi connectivity index (χ2v) is 6.21. The van der Waals surface area contributed by atoms with Crippen LogP contribution in [0.15, 0.2) is 53.3 Å². The fourth-order valence-electron chi connectivity index (χ4n) is 1.60. The fourth-order valence-corrected chi connectivity index (χ4v) is 3.35. The fraction of sp³-hybridized carbons (Fsp3) is 0.0714. The Morgan fingerprint density at radius 2 is 1.85 bits per heavy atom. The molecule has 3 aromatic rings. The maximum absolute atomic E-state index is 5.89. The average Bonchev–Trinajstić information content (AvgIpc) is 2.96. The minimum Gasteiger partial charge on any atom is -0.240 e. The van der Waals surface area contributed by atoms with Crippen LogP contribution in [0.5, 0.6) is 0 Å². The van der Waals surface area contributed by atoms with Crippen molar-refractivity contribution in [3.8, 4) is 10.6 Å². The Kier molecular flexibility index (Phi) is 4.30. The van der Waals surface area contributed by atoms with Crippen LogP contribution >= 0.6 is 34.7 Å². The number of nitrogens with zero attached hydrogens (tertiary/aromatic N) is 3. The molecule has 0 aliphatic heterocycles. The van der Waals surface area contributed by atoms with Crippen LogP contribution in [-0.4, -0.2) is 15.0 Å². The molecule has 20 heavy (non-hydrogen) atoms. The van der Waals surface area contributed by atoms with Crippen LogP contribution in [0.4, 0.5) is 0 Å². The zero-order valence-corrected chi connectivity index (χ0v) is 12.8. The molecule has 3 nitrogen and oxygen atoms in total. The van der Waals surface area contributed by atoms with Crippen LogP contribution < -0.4 is 0 Å². The first-order chi connectivity index (χ1) is 9.81. The van der Waals surface area contributed by atoms with Gasteiger partial charge in [0.15, 0.2) is 5.16 Å². The van der Waals surface area contributed by atoms with E-state index in [9.17, 15) is 0 Å². The number of thiazole rings is 1. The highest BCUT2D eigenvalue weighted by atomic mass is 35.5. The summed E-state index contributed by atoms with van der Waals surface area (Å²) in [5.41, 5.74) is 2.13. The summed E-state index contributed by atoms with van der Waals surface area (Å²) in [6, 6.07) is 9.54. The lowest BCUT2D eigenvalue weighted by Crippen LogP contribution is -1.86. The molecule has 0 radical (unpaired) electrons. The number of halogens is 1. The molecule has 0 bridgehead atoms. The molecule has 0 aliphatic rings. The number of thioether (sulfide) groups is 1. The zero-order valence-electron chi connectivity index (χ0n) is 10.4. The van der Waals surface area contributed by atoms with Crippen molar-refractivity contribution >= 4 is 34.7 Å². The van der Waals surface area contributed by atoms with Crippen molar-refractivity contribution in [3.63, 3.8) is 0 Å². The van der Waals surface area contributed by atoms with E-state index in [1.165, 1.54) is 0 Å². The first kappa shape index (κ1) is 13.5. The van der Waals surface area contributed by atoms with Crippen molar-refractivity contribution in [2.24, 2.45) is 0 Å². The molecule has 0 aliphatic carbocycles. The van der Waals surface area contributed by atoms with Gasteiger partial charge in [-0.3, -0.25) is 0 Å². The maximum atomic E-state index is 5.89. The molecule has 0 atom stereocenters. The van der Waals surface area contributed by atoms with Crippen LogP contribution in [0.3, 0.4) is 0 Å². The summed E-state index contributed by atoms with van der Waals surface area (Å²) in [6.45, 7) is 0. The van der Waals surface area contributed by atoms with E-state index in [4.69, 9.17) is 11.6 Å². The minimum absolute atomic E-state index is 0.738. The van der Waals surface area contributed by atoms with Gasteiger partial charge in [0.25, 0.3) is 0 Å². The third kappa shape index (κ3) is 3.36. The van der Waals surface area contributed by atoms with Crippen LogP contribution in [0.25, 0.3) is 10.6 Å². The number of hydrogen-bond donors (Lipinski definition) is 0. The van der Waals surface area contributed by atoms with Gasteiger partial charge in [-0.2, -0.15) is 0 Å². The van der Waals surface area contributed by atoms with E-state index in [-0.39, 0.29) is 0 Å². The summed E-state index contributed by atoms with van der Waals surface area (Å²) in [7, 11) is 0. The number of aromatic nitrogens is 3. The van der Waals surface area contributed by atoms with Gasteiger partial charge in [0, 0.05) is 34.1 Å². The van der Waals surface area contributed by atoms with Gasteiger partial charge in [-0.05, 0) is 18.2 Å². The van der Waals surface area contributed by atoms with E-state index in [1.807, 2.05) is 30.3 Å². The molecular weight excluding hydrogens is 310 g/mol. The quantitative estimate of drug-likeness (QED) is 0.522. The molecule has 0 saturated carbocycles. The van der Waals surface area contributed by atoms with Crippen molar-refractivity contribution in [1.29, 1.82) is 0 Å². The highest BCUT2D eigenvalue weighted by Crippen LogP contribution is 2.27. The first-order valence-corrected chi connectivity index (χ1v) is 8.16. The monoisotopic (exact) mass is 319 g/mol. The van der Waals surface area contributed by atoms with Gasteiger partial charge >= 0.3 is 0 Å². The second kappa shape index (κ2) is 6.35. The third-order valence-corrected chi connectivity index (χ3v) is 4.64. The van der Waals surface area contributed by atoms with Crippen LogP contribution in [0, 0.1) is 0 Å². The normalized spacial score (nSPS) is 10.7. The highest BCUT2D eigenvalue weighted by Gasteiger charge is 2.06. The SMILES string of the molecule is Clc1ccc(-c2nc(CSc3ncccn3)cs2)cc1. The van der Waals surface area contributed by atoms with Gasteiger partial charge in [-0.1, -0.05) is 35.5 Å². The topological polar surface area (TPSA) is 38.7 Å². The number of rotatable bonds is 4. The second-order valence-electron chi connectivity index (χ2n) is 3.97. The zero-order chi connectivity index (χ0) is 13.8. The van der Waals surface area contributed by atoms with Crippen molar-refractivity contribution in [3.05, 3.63) is 58.8 Å². The Morgan fingerprint density at radius 1 is 1.10 bits per heavy atom. The van der Waals surface area contributed by atoms with Crippen LogP contribution in [0.1, 0.15) is 5.69 Å². The lowest BCUT2D eigenvalue weighted by atomic mass is 10.2. The van der Waals surface area contributed by atoms with E-state index in [2.05, 4.69) is 20.3 Å². The molecule has 6 heteroatoms. The number of benzene rings is 1. The molecule has 0 fully saturated rings. The summed E-state index contributed by atoms with van der Waals surface area (Å²) in [5, 5.41) is 4.59. The molecule has 0 amide bonds. The van der Waals surface area contributed by atoms with Gasteiger partial charge in [-0.25, -0.2) is 15.0 Å². The van der Waals surface area contributed by atoms with Crippen LogP contribution in [-0.2, 0) is 5.75 Å². The Labute approximate surface area is 130 Å². The van der Waals surface area contributed by atoms with Crippen molar-refractivity contribution in [2.45, 2.75) is 10.9 Å². The molecule has 0 unspecified atom stereocenters. The first-order valence-electron chi connectivity index (χ1n) is 5.91. The van der Waals surface area contributed by atoms with Gasteiger partial charge in [0.2, 0.25) is 0 Å². The molecular formula is C14H10ClN3S2. The molecule has 3 rings (SSSR count). The number of hydrogen-bond acceptors (Lipinski definition) is 5. The molecule has 100 valence electrons. The largest absolute Gasteiger partial charge is 0.240 e. The predicted molar refractivity (Wildman–Crippen MR) is 84.2 cm³/mol. The summed E-state index contributed by atoms with van der Waals surface area (Å²) in [4.78, 5) is 13.0. The van der Waals surface area contributed by atoms with Crippen molar-refractivity contribution in [2.75, 3.05) is 0 Å².